The highest BCUT2D eigenvalue weighted by Gasteiger charge is 2.43. The molecule has 0 unspecified atom stereocenters. The molecule has 0 fully saturated rings. The third kappa shape index (κ3) is 5.92. The first-order chi connectivity index (χ1) is 22.0. The normalized spacial score (nSPS) is 12.7. The fourth-order valence-corrected chi connectivity index (χ4v) is 12.2. The van der Waals surface area contributed by atoms with Gasteiger partial charge in [-0.25, -0.2) is 0 Å². The summed E-state index contributed by atoms with van der Waals surface area (Å²) >= 11 is 0. The van der Waals surface area contributed by atoms with Crippen LogP contribution in [0, 0.1) is 0 Å². The van der Waals surface area contributed by atoms with Gasteiger partial charge in [-0.1, -0.05) is 180 Å². The SMILES string of the molecule is C/C(=C(/C)[Si](/C(C)=C(\C)c1ccc(-c2ccccc2)cc1)(c1ccccc1)c1ccccc1)c1ccc(-c2ccccc2)cc1. The van der Waals surface area contributed by atoms with Gasteiger partial charge in [-0.05, 0) is 82.6 Å². The fraction of sp³-hybridized carbons (Fsp3) is 0.0909. The van der Waals surface area contributed by atoms with Crippen LogP contribution in [0.1, 0.15) is 38.8 Å². The van der Waals surface area contributed by atoms with Crippen LogP contribution in [-0.4, -0.2) is 8.07 Å². The van der Waals surface area contributed by atoms with Gasteiger partial charge < -0.3 is 0 Å². The second kappa shape index (κ2) is 13.3. The summed E-state index contributed by atoms with van der Waals surface area (Å²) in [5.41, 5.74) is 10.2. The second-order valence-electron chi connectivity index (χ2n) is 11.9. The molecule has 0 heterocycles. The second-order valence-corrected chi connectivity index (χ2v) is 16.0. The maximum atomic E-state index is 2.39. The quantitative estimate of drug-likeness (QED) is 0.153. The van der Waals surface area contributed by atoms with Gasteiger partial charge in [0.25, 0.3) is 0 Å². The van der Waals surface area contributed by atoms with Crippen LogP contribution < -0.4 is 10.4 Å². The molecule has 6 aromatic carbocycles. The molecule has 0 saturated heterocycles. The maximum Gasteiger partial charge on any atom is 0.171 e. The van der Waals surface area contributed by atoms with Gasteiger partial charge in [-0.3, -0.25) is 0 Å². The maximum absolute atomic E-state index is 2.64. The van der Waals surface area contributed by atoms with Crippen molar-refractivity contribution in [1.29, 1.82) is 0 Å². The summed E-state index contributed by atoms with van der Waals surface area (Å²) in [6, 6.07) is 62.0. The predicted octanol–water partition coefficient (Wildman–Crippen LogP) is 10.6. The van der Waals surface area contributed by atoms with E-state index >= 15 is 0 Å². The number of hydrogen-bond acceptors (Lipinski definition) is 0. The van der Waals surface area contributed by atoms with E-state index in [0.29, 0.717) is 0 Å². The molecule has 0 saturated carbocycles. The third-order valence-electron chi connectivity index (χ3n) is 9.51. The molecular weight excluding hydrogens is 557 g/mol. The van der Waals surface area contributed by atoms with Crippen LogP contribution in [0.2, 0.25) is 0 Å². The average Bonchev–Trinajstić information content (AvgIpc) is 3.13. The first-order valence-corrected chi connectivity index (χ1v) is 17.8. The summed E-state index contributed by atoms with van der Waals surface area (Å²) < 4.78 is 0. The van der Waals surface area contributed by atoms with Gasteiger partial charge in [-0.2, -0.15) is 0 Å². The van der Waals surface area contributed by atoms with Crippen molar-refractivity contribution in [3.05, 3.63) is 191 Å². The molecule has 0 bridgehead atoms. The Hall–Kier alpha value is -4.98. The van der Waals surface area contributed by atoms with E-state index < -0.39 is 8.07 Å². The van der Waals surface area contributed by atoms with Gasteiger partial charge in [0, 0.05) is 0 Å². The van der Waals surface area contributed by atoms with Crippen molar-refractivity contribution in [2.45, 2.75) is 27.7 Å². The minimum atomic E-state index is -2.64. The van der Waals surface area contributed by atoms with Crippen molar-refractivity contribution in [2.24, 2.45) is 0 Å². The summed E-state index contributed by atoms with van der Waals surface area (Å²) in [5, 5.41) is 5.74. The smallest absolute Gasteiger partial charge is 0.0672 e. The molecule has 0 aromatic heterocycles. The summed E-state index contributed by atoms with van der Waals surface area (Å²) in [6.07, 6.45) is 0. The lowest BCUT2D eigenvalue weighted by Gasteiger charge is -2.38. The van der Waals surface area contributed by atoms with Gasteiger partial charge in [0.15, 0.2) is 8.07 Å². The van der Waals surface area contributed by atoms with Crippen molar-refractivity contribution in [3.8, 4) is 22.3 Å². The number of allylic oxidation sites excluding steroid dienone is 4. The van der Waals surface area contributed by atoms with E-state index in [1.165, 1.54) is 65.3 Å². The van der Waals surface area contributed by atoms with Crippen LogP contribution in [0.5, 0.6) is 0 Å². The zero-order valence-electron chi connectivity index (χ0n) is 26.7. The van der Waals surface area contributed by atoms with Crippen molar-refractivity contribution in [1.82, 2.24) is 0 Å². The average molecular weight is 597 g/mol. The lowest BCUT2D eigenvalue weighted by molar-refractivity contribution is 1.44. The largest absolute Gasteiger partial charge is 0.171 e. The Morgan fingerprint density at radius 2 is 0.578 bits per heavy atom. The Bertz CT molecular complexity index is 1770. The van der Waals surface area contributed by atoms with E-state index in [1.54, 1.807) is 0 Å². The molecule has 220 valence electrons. The molecule has 6 rings (SSSR count). The van der Waals surface area contributed by atoms with E-state index in [4.69, 9.17) is 0 Å². The van der Waals surface area contributed by atoms with E-state index in [2.05, 4.69) is 198 Å². The molecule has 0 aliphatic heterocycles. The summed E-state index contributed by atoms with van der Waals surface area (Å²) in [5.74, 6) is 0. The van der Waals surface area contributed by atoms with Crippen LogP contribution in [0.4, 0.5) is 0 Å². The molecule has 0 atom stereocenters. The van der Waals surface area contributed by atoms with Gasteiger partial charge in [0.1, 0.15) is 0 Å². The van der Waals surface area contributed by atoms with E-state index in [0.717, 1.165) is 0 Å². The molecule has 6 aromatic rings. The van der Waals surface area contributed by atoms with Gasteiger partial charge in [-0.15, -0.1) is 0 Å². The molecule has 0 N–H and O–H groups in total. The molecule has 0 amide bonds. The summed E-state index contributed by atoms with van der Waals surface area (Å²) in [6.45, 7) is 9.42. The van der Waals surface area contributed by atoms with E-state index in [9.17, 15) is 0 Å². The molecule has 45 heavy (non-hydrogen) atoms. The van der Waals surface area contributed by atoms with Crippen LogP contribution in [0.25, 0.3) is 33.4 Å². The Balaban J connectivity index is 1.54. The zero-order chi connectivity index (χ0) is 31.2. The van der Waals surface area contributed by atoms with Crippen molar-refractivity contribution in [3.63, 3.8) is 0 Å². The first kappa shape index (κ1) is 30.1. The Kier molecular flexibility index (Phi) is 8.91. The Morgan fingerprint density at radius 1 is 0.311 bits per heavy atom. The highest BCUT2D eigenvalue weighted by atomic mass is 28.3. The lowest BCUT2D eigenvalue weighted by atomic mass is 10.0. The van der Waals surface area contributed by atoms with Crippen molar-refractivity contribution >= 4 is 29.6 Å². The highest BCUT2D eigenvalue weighted by Crippen LogP contribution is 2.35. The van der Waals surface area contributed by atoms with Crippen LogP contribution in [0.15, 0.2) is 180 Å². The van der Waals surface area contributed by atoms with E-state index in [-0.39, 0.29) is 0 Å². The molecule has 1 heteroatoms. The molecular formula is C44H40Si. The lowest BCUT2D eigenvalue weighted by Crippen LogP contribution is -2.61. The Labute approximate surface area is 270 Å². The van der Waals surface area contributed by atoms with Crippen molar-refractivity contribution in [2.75, 3.05) is 0 Å². The molecule has 0 spiro atoms. The molecule has 0 aliphatic rings. The fourth-order valence-electron chi connectivity index (χ4n) is 6.77. The summed E-state index contributed by atoms with van der Waals surface area (Å²) in [4.78, 5) is 0. The van der Waals surface area contributed by atoms with Crippen LogP contribution in [-0.2, 0) is 0 Å². The molecule has 0 radical (unpaired) electrons. The molecule has 0 nitrogen and oxygen atoms in total. The first-order valence-electron chi connectivity index (χ1n) is 15.8. The van der Waals surface area contributed by atoms with Crippen molar-refractivity contribution < 1.29 is 0 Å². The minimum absolute atomic E-state index is 1.24. The highest BCUT2D eigenvalue weighted by molar-refractivity contribution is 7.13. The van der Waals surface area contributed by atoms with Gasteiger partial charge in [0.2, 0.25) is 0 Å². The number of rotatable bonds is 8. The van der Waals surface area contributed by atoms with E-state index in [1.807, 2.05) is 0 Å². The summed E-state index contributed by atoms with van der Waals surface area (Å²) in [7, 11) is -2.64. The number of hydrogen-bond donors (Lipinski definition) is 0. The molecule has 0 aliphatic carbocycles. The van der Waals surface area contributed by atoms with Crippen LogP contribution >= 0.6 is 0 Å². The standard InChI is InChI=1S/C44H40Si/c1-33(37-25-29-41(30-26-37)39-17-9-5-10-18-39)35(3)45(43-21-13-7-14-22-43,44-23-15-8-16-24-44)36(4)34(2)38-27-31-42(32-28-38)40-19-11-6-12-20-40/h5-32H,1-4H3/b35-33+,36-34+. The number of benzene rings is 6. The topological polar surface area (TPSA) is 0 Å². The zero-order valence-corrected chi connectivity index (χ0v) is 27.7. The van der Waals surface area contributed by atoms with Crippen LogP contribution in [0.3, 0.4) is 0 Å². The Morgan fingerprint density at radius 3 is 0.889 bits per heavy atom. The monoisotopic (exact) mass is 596 g/mol. The third-order valence-corrected chi connectivity index (χ3v) is 14.9. The minimum Gasteiger partial charge on any atom is -0.0672 e. The predicted molar refractivity (Wildman–Crippen MR) is 198 cm³/mol. The van der Waals surface area contributed by atoms with Gasteiger partial charge in [0.05, 0.1) is 0 Å². The van der Waals surface area contributed by atoms with Gasteiger partial charge >= 0.3 is 0 Å².